The average molecular weight is 248 g/mol. The largest absolute Gasteiger partial charge is 0.373 e. The van der Waals surface area contributed by atoms with Gasteiger partial charge in [-0.2, -0.15) is 11.3 Å². The van der Waals surface area contributed by atoms with E-state index >= 15 is 0 Å². The van der Waals surface area contributed by atoms with Gasteiger partial charge >= 0.3 is 0 Å². The Labute approximate surface area is 105 Å². The van der Waals surface area contributed by atoms with Crippen molar-refractivity contribution in [3.63, 3.8) is 0 Å². The van der Waals surface area contributed by atoms with Gasteiger partial charge in [0.25, 0.3) is 0 Å². The molecule has 17 heavy (non-hydrogen) atoms. The summed E-state index contributed by atoms with van der Waals surface area (Å²) in [5.41, 5.74) is 3.69. The predicted octanol–water partition coefficient (Wildman–Crippen LogP) is 2.81. The minimum atomic E-state index is 0.802. The third kappa shape index (κ3) is 2.55. The molecule has 0 aliphatic rings. The molecule has 0 saturated heterocycles. The molecule has 2 heterocycles. The molecule has 0 saturated carbocycles. The van der Waals surface area contributed by atoms with Gasteiger partial charge in [0.15, 0.2) is 0 Å². The van der Waals surface area contributed by atoms with Gasteiger partial charge < -0.3 is 10.6 Å². The number of aromatic nitrogens is 2. The minimum absolute atomic E-state index is 0.802. The van der Waals surface area contributed by atoms with Gasteiger partial charge in [-0.15, -0.1) is 0 Å². The third-order valence-corrected chi connectivity index (χ3v) is 3.64. The van der Waals surface area contributed by atoms with E-state index in [4.69, 9.17) is 0 Å². The van der Waals surface area contributed by atoms with E-state index in [0.717, 1.165) is 23.7 Å². The number of rotatable bonds is 4. The first-order valence-corrected chi connectivity index (χ1v) is 6.41. The van der Waals surface area contributed by atoms with E-state index in [2.05, 4.69) is 38.3 Å². The lowest BCUT2D eigenvalue weighted by Gasteiger charge is -2.10. The zero-order valence-corrected chi connectivity index (χ0v) is 11.1. The monoisotopic (exact) mass is 248 g/mol. The maximum atomic E-state index is 4.26. The highest BCUT2D eigenvalue weighted by atomic mass is 32.1. The standard InChI is InChI=1S/C12H16N4S/c1-8-5-17-6-10(8)4-14-12-9(2)11(13-3)15-7-16-12/h5-7H,4H2,1-3H3,(H2,13,14,15,16). The van der Waals surface area contributed by atoms with Crippen molar-refractivity contribution in [2.45, 2.75) is 20.4 Å². The van der Waals surface area contributed by atoms with Gasteiger partial charge in [-0.3, -0.25) is 0 Å². The molecular formula is C12H16N4S. The van der Waals surface area contributed by atoms with Crippen LogP contribution in [0.25, 0.3) is 0 Å². The number of nitrogens with one attached hydrogen (secondary N) is 2. The van der Waals surface area contributed by atoms with Crippen molar-refractivity contribution in [2.75, 3.05) is 17.7 Å². The van der Waals surface area contributed by atoms with Crippen molar-refractivity contribution < 1.29 is 0 Å². The molecule has 2 N–H and O–H groups in total. The lowest BCUT2D eigenvalue weighted by Crippen LogP contribution is -2.06. The summed E-state index contributed by atoms with van der Waals surface area (Å²) in [6.07, 6.45) is 1.57. The van der Waals surface area contributed by atoms with Crippen molar-refractivity contribution in [3.05, 3.63) is 33.8 Å². The predicted molar refractivity (Wildman–Crippen MR) is 72.7 cm³/mol. The lowest BCUT2D eigenvalue weighted by molar-refractivity contribution is 1.05. The number of thiophene rings is 1. The Kier molecular flexibility index (Phi) is 3.58. The Morgan fingerprint density at radius 2 is 1.94 bits per heavy atom. The van der Waals surface area contributed by atoms with E-state index in [1.165, 1.54) is 11.1 Å². The molecule has 0 radical (unpaired) electrons. The molecule has 90 valence electrons. The van der Waals surface area contributed by atoms with Gasteiger partial charge in [-0.05, 0) is 35.7 Å². The van der Waals surface area contributed by atoms with Gasteiger partial charge in [0.2, 0.25) is 0 Å². The molecule has 2 aromatic heterocycles. The van der Waals surface area contributed by atoms with Crippen LogP contribution in [0.15, 0.2) is 17.1 Å². The smallest absolute Gasteiger partial charge is 0.134 e. The van der Waals surface area contributed by atoms with Crippen LogP contribution in [0.1, 0.15) is 16.7 Å². The van der Waals surface area contributed by atoms with Crippen molar-refractivity contribution in [1.82, 2.24) is 9.97 Å². The zero-order chi connectivity index (χ0) is 12.3. The van der Waals surface area contributed by atoms with Crippen LogP contribution >= 0.6 is 11.3 Å². The molecule has 0 bridgehead atoms. The molecule has 4 nitrogen and oxygen atoms in total. The highest BCUT2D eigenvalue weighted by Crippen LogP contribution is 2.20. The second kappa shape index (κ2) is 5.14. The topological polar surface area (TPSA) is 49.8 Å². The maximum Gasteiger partial charge on any atom is 0.134 e. The molecule has 0 atom stereocenters. The van der Waals surface area contributed by atoms with E-state index in [9.17, 15) is 0 Å². The van der Waals surface area contributed by atoms with Gasteiger partial charge in [0.1, 0.15) is 18.0 Å². The summed E-state index contributed by atoms with van der Waals surface area (Å²) >= 11 is 1.73. The second-order valence-electron chi connectivity index (χ2n) is 3.88. The van der Waals surface area contributed by atoms with Crippen molar-refractivity contribution in [1.29, 1.82) is 0 Å². The first-order chi connectivity index (χ1) is 8.22. The number of hydrogen-bond donors (Lipinski definition) is 2. The Bertz CT molecular complexity index is 507. The van der Waals surface area contributed by atoms with Gasteiger partial charge in [0.05, 0.1) is 0 Å². The van der Waals surface area contributed by atoms with E-state index in [0.29, 0.717) is 0 Å². The van der Waals surface area contributed by atoms with E-state index in [-0.39, 0.29) is 0 Å². The van der Waals surface area contributed by atoms with Crippen LogP contribution in [-0.2, 0) is 6.54 Å². The maximum absolute atomic E-state index is 4.26. The molecule has 0 amide bonds. The third-order valence-electron chi connectivity index (χ3n) is 2.73. The SMILES string of the molecule is CNc1ncnc(NCc2cscc2C)c1C. The first kappa shape index (κ1) is 11.9. The summed E-state index contributed by atoms with van der Waals surface area (Å²) in [6, 6.07) is 0. The van der Waals surface area contributed by atoms with Crippen molar-refractivity contribution >= 4 is 23.0 Å². The molecule has 0 aromatic carbocycles. The van der Waals surface area contributed by atoms with Crippen LogP contribution in [0.5, 0.6) is 0 Å². The van der Waals surface area contributed by atoms with E-state index in [1.807, 2.05) is 14.0 Å². The summed E-state index contributed by atoms with van der Waals surface area (Å²) in [5, 5.41) is 10.7. The molecule has 0 unspecified atom stereocenters. The highest BCUT2D eigenvalue weighted by Gasteiger charge is 2.06. The van der Waals surface area contributed by atoms with Crippen molar-refractivity contribution in [3.8, 4) is 0 Å². The minimum Gasteiger partial charge on any atom is -0.373 e. The van der Waals surface area contributed by atoms with Crippen LogP contribution in [0.2, 0.25) is 0 Å². The Morgan fingerprint density at radius 3 is 2.59 bits per heavy atom. The molecule has 2 aromatic rings. The van der Waals surface area contributed by atoms with Crippen LogP contribution in [0.4, 0.5) is 11.6 Å². The van der Waals surface area contributed by atoms with Gasteiger partial charge in [0, 0.05) is 19.2 Å². The lowest BCUT2D eigenvalue weighted by atomic mass is 10.2. The molecule has 0 aliphatic heterocycles. The highest BCUT2D eigenvalue weighted by molar-refractivity contribution is 7.08. The van der Waals surface area contributed by atoms with Crippen LogP contribution in [0.3, 0.4) is 0 Å². The van der Waals surface area contributed by atoms with Gasteiger partial charge in [-0.25, -0.2) is 9.97 Å². The van der Waals surface area contributed by atoms with Crippen LogP contribution in [-0.4, -0.2) is 17.0 Å². The average Bonchev–Trinajstić information content (AvgIpc) is 2.74. The van der Waals surface area contributed by atoms with E-state index in [1.54, 1.807) is 17.7 Å². The second-order valence-corrected chi connectivity index (χ2v) is 4.62. The van der Waals surface area contributed by atoms with Crippen LogP contribution in [0, 0.1) is 13.8 Å². The van der Waals surface area contributed by atoms with E-state index < -0.39 is 0 Å². The summed E-state index contributed by atoms with van der Waals surface area (Å²) in [5.74, 6) is 1.75. The fourth-order valence-electron chi connectivity index (χ4n) is 1.63. The molecule has 0 spiro atoms. The molecular weight excluding hydrogens is 232 g/mol. The Morgan fingerprint density at radius 1 is 1.18 bits per heavy atom. The fraction of sp³-hybridized carbons (Fsp3) is 0.333. The quantitative estimate of drug-likeness (QED) is 0.873. The molecule has 5 heteroatoms. The zero-order valence-electron chi connectivity index (χ0n) is 10.2. The summed E-state index contributed by atoms with van der Waals surface area (Å²) < 4.78 is 0. The summed E-state index contributed by atoms with van der Waals surface area (Å²) in [6.45, 7) is 4.93. The molecule has 2 rings (SSSR count). The van der Waals surface area contributed by atoms with Crippen LogP contribution < -0.4 is 10.6 Å². The normalized spacial score (nSPS) is 10.3. The molecule has 0 fully saturated rings. The Balaban J connectivity index is 2.12. The van der Waals surface area contributed by atoms with Gasteiger partial charge in [-0.1, -0.05) is 0 Å². The number of anilines is 2. The molecule has 0 aliphatic carbocycles. The number of hydrogen-bond acceptors (Lipinski definition) is 5. The van der Waals surface area contributed by atoms with Crippen molar-refractivity contribution in [2.24, 2.45) is 0 Å². The summed E-state index contributed by atoms with van der Waals surface area (Å²) in [7, 11) is 1.86. The Hall–Kier alpha value is -1.62. The summed E-state index contributed by atoms with van der Waals surface area (Å²) in [4.78, 5) is 8.42. The first-order valence-electron chi connectivity index (χ1n) is 5.47. The number of nitrogens with zero attached hydrogens (tertiary/aromatic N) is 2. The number of aryl methyl sites for hydroxylation is 1. The fourth-order valence-corrected chi connectivity index (χ4v) is 2.48.